The van der Waals surface area contributed by atoms with Crippen LogP contribution >= 0.6 is 0 Å². The van der Waals surface area contributed by atoms with Crippen molar-refractivity contribution in [1.82, 2.24) is 5.32 Å². The van der Waals surface area contributed by atoms with E-state index in [1.807, 2.05) is 32.2 Å². The Bertz CT molecular complexity index is 474. The fourth-order valence-electron chi connectivity index (χ4n) is 2.40. The van der Waals surface area contributed by atoms with Crippen LogP contribution in [-0.4, -0.2) is 35.8 Å². The Morgan fingerprint density at radius 3 is 2.65 bits per heavy atom. The molecule has 1 N–H and O–H groups in total. The van der Waals surface area contributed by atoms with E-state index in [9.17, 15) is 4.21 Å². The maximum Gasteiger partial charge on any atom is 0.162 e. The molecule has 0 aromatic heterocycles. The van der Waals surface area contributed by atoms with Gasteiger partial charge in [-0.3, -0.25) is 4.21 Å². The normalized spacial score (nSPS) is 18.9. The summed E-state index contributed by atoms with van der Waals surface area (Å²) < 4.78 is 23.9. The Balaban J connectivity index is 2.20. The van der Waals surface area contributed by atoms with Crippen LogP contribution in [0, 0.1) is 0 Å². The lowest BCUT2D eigenvalue weighted by Crippen LogP contribution is -2.37. The van der Waals surface area contributed by atoms with E-state index in [-0.39, 0.29) is 11.3 Å². The van der Waals surface area contributed by atoms with Gasteiger partial charge in [0.25, 0.3) is 0 Å². The summed E-state index contributed by atoms with van der Waals surface area (Å²) in [4.78, 5) is 0.801. The minimum atomic E-state index is -1.06. The van der Waals surface area contributed by atoms with Crippen molar-refractivity contribution in [3.63, 3.8) is 0 Å². The molecule has 20 heavy (non-hydrogen) atoms. The third-order valence-corrected chi connectivity index (χ3v) is 5.39. The van der Waals surface area contributed by atoms with Gasteiger partial charge >= 0.3 is 0 Å². The first-order chi connectivity index (χ1) is 9.67. The van der Waals surface area contributed by atoms with E-state index in [2.05, 4.69) is 12.2 Å². The van der Waals surface area contributed by atoms with Gasteiger partial charge < -0.3 is 14.8 Å². The minimum Gasteiger partial charge on any atom is -0.490 e. The molecule has 1 aromatic carbocycles. The Hall–Kier alpha value is -1.07. The van der Waals surface area contributed by atoms with Gasteiger partial charge in [-0.15, -0.1) is 0 Å². The van der Waals surface area contributed by atoms with E-state index >= 15 is 0 Å². The lowest BCUT2D eigenvalue weighted by molar-refractivity contribution is 0.297. The topological polar surface area (TPSA) is 47.6 Å². The molecule has 1 heterocycles. The second-order valence-corrected chi connectivity index (χ2v) is 6.77. The Morgan fingerprint density at radius 2 is 2.00 bits per heavy atom. The second-order valence-electron chi connectivity index (χ2n) is 4.96. The first-order valence-electron chi connectivity index (χ1n) is 7.14. The zero-order chi connectivity index (χ0) is 14.5. The van der Waals surface area contributed by atoms with Crippen molar-refractivity contribution in [1.29, 1.82) is 0 Å². The molecule has 112 valence electrons. The van der Waals surface area contributed by atoms with Crippen LogP contribution in [0.3, 0.4) is 0 Å². The quantitative estimate of drug-likeness (QED) is 0.906. The highest BCUT2D eigenvalue weighted by Gasteiger charge is 2.22. The van der Waals surface area contributed by atoms with E-state index in [0.717, 1.165) is 23.5 Å². The van der Waals surface area contributed by atoms with E-state index in [1.165, 1.54) is 0 Å². The molecule has 0 aliphatic carbocycles. The van der Waals surface area contributed by atoms with E-state index in [4.69, 9.17) is 9.47 Å². The molecule has 3 unspecified atom stereocenters. The zero-order valence-corrected chi connectivity index (χ0v) is 13.2. The molecule has 0 fully saturated rings. The molecule has 1 aliphatic rings. The predicted molar refractivity (Wildman–Crippen MR) is 81.1 cm³/mol. The second kappa shape index (κ2) is 7.09. The van der Waals surface area contributed by atoms with E-state index in [1.54, 1.807) is 0 Å². The van der Waals surface area contributed by atoms with Crippen molar-refractivity contribution in [3.05, 3.63) is 18.2 Å². The van der Waals surface area contributed by atoms with Gasteiger partial charge in [-0.25, -0.2) is 0 Å². The number of hydrogen-bond acceptors (Lipinski definition) is 4. The van der Waals surface area contributed by atoms with Gasteiger partial charge in [-0.05, 0) is 32.5 Å². The van der Waals surface area contributed by atoms with Gasteiger partial charge in [0.1, 0.15) is 0 Å². The van der Waals surface area contributed by atoms with Gasteiger partial charge in [0.05, 0.1) is 29.3 Å². The molecule has 0 bridgehead atoms. The Labute approximate surface area is 123 Å². The number of fused-ring (bicyclic) bond motifs is 1. The van der Waals surface area contributed by atoms with Gasteiger partial charge in [0.2, 0.25) is 0 Å². The predicted octanol–water partition coefficient (Wildman–Crippen LogP) is 2.34. The van der Waals surface area contributed by atoms with Crippen molar-refractivity contribution in [2.24, 2.45) is 0 Å². The van der Waals surface area contributed by atoms with Gasteiger partial charge in [-0.1, -0.05) is 6.92 Å². The molecular weight excluding hydrogens is 274 g/mol. The lowest BCUT2D eigenvalue weighted by atomic mass is 10.2. The molecule has 0 spiro atoms. The summed E-state index contributed by atoms with van der Waals surface area (Å²) in [5.41, 5.74) is 0. The van der Waals surface area contributed by atoms with E-state index < -0.39 is 10.8 Å². The van der Waals surface area contributed by atoms with Crippen LogP contribution in [-0.2, 0) is 10.8 Å². The third kappa shape index (κ3) is 3.33. The summed E-state index contributed by atoms with van der Waals surface area (Å²) in [5, 5.41) is 3.28. The molecule has 0 saturated carbocycles. The highest BCUT2D eigenvalue weighted by Crippen LogP contribution is 2.32. The summed E-state index contributed by atoms with van der Waals surface area (Å²) in [7, 11) is 0.853. The largest absolute Gasteiger partial charge is 0.490 e. The van der Waals surface area contributed by atoms with Crippen LogP contribution < -0.4 is 14.8 Å². The Kier molecular flexibility index (Phi) is 5.43. The van der Waals surface area contributed by atoms with E-state index in [0.29, 0.717) is 19.0 Å². The number of ether oxygens (including phenoxy) is 2. The Morgan fingerprint density at radius 1 is 1.30 bits per heavy atom. The maximum atomic E-state index is 12.7. The van der Waals surface area contributed by atoms with Crippen molar-refractivity contribution in [2.45, 2.75) is 42.9 Å². The maximum absolute atomic E-state index is 12.7. The first kappa shape index (κ1) is 15.3. The minimum absolute atomic E-state index is 0.0507. The summed E-state index contributed by atoms with van der Waals surface area (Å²) in [6, 6.07) is 5.84. The molecule has 5 heteroatoms. The van der Waals surface area contributed by atoms with Gasteiger partial charge in [-0.2, -0.15) is 0 Å². The highest BCUT2D eigenvalue weighted by molar-refractivity contribution is 7.85. The fourth-order valence-corrected chi connectivity index (χ4v) is 3.88. The van der Waals surface area contributed by atoms with Crippen LogP contribution in [0.15, 0.2) is 23.1 Å². The van der Waals surface area contributed by atoms with Crippen LogP contribution in [0.5, 0.6) is 11.5 Å². The number of rotatable bonds is 5. The van der Waals surface area contributed by atoms with Crippen molar-refractivity contribution < 1.29 is 13.7 Å². The van der Waals surface area contributed by atoms with Gasteiger partial charge in [0, 0.05) is 23.4 Å². The molecule has 0 amide bonds. The fraction of sp³-hybridized carbons (Fsp3) is 0.600. The zero-order valence-electron chi connectivity index (χ0n) is 12.3. The number of nitrogens with one attached hydrogen (secondary N) is 1. The van der Waals surface area contributed by atoms with Crippen LogP contribution in [0.25, 0.3) is 0 Å². The first-order valence-corrected chi connectivity index (χ1v) is 8.36. The van der Waals surface area contributed by atoms with Crippen LogP contribution in [0.4, 0.5) is 0 Å². The number of hydrogen-bond donors (Lipinski definition) is 1. The average Bonchev–Trinajstić information content (AvgIpc) is 2.72. The highest BCUT2D eigenvalue weighted by atomic mass is 32.2. The summed E-state index contributed by atoms with van der Waals surface area (Å²) in [5.74, 6) is 1.45. The monoisotopic (exact) mass is 297 g/mol. The molecule has 3 atom stereocenters. The van der Waals surface area contributed by atoms with Crippen molar-refractivity contribution in [3.8, 4) is 11.5 Å². The molecule has 4 nitrogen and oxygen atoms in total. The molecule has 0 saturated heterocycles. The lowest BCUT2D eigenvalue weighted by Gasteiger charge is -2.22. The van der Waals surface area contributed by atoms with Crippen molar-refractivity contribution >= 4 is 10.8 Å². The molecule has 1 aliphatic heterocycles. The number of benzene rings is 1. The standard InChI is InChI=1S/C15H23NO3S/c1-4-13(16-3)11(2)20(17)12-6-7-14-15(10-12)19-9-5-8-18-14/h6-7,10-11,13,16H,4-5,8-9H2,1-3H3. The van der Waals surface area contributed by atoms with Crippen LogP contribution in [0.1, 0.15) is 26.7 Å². The molecule has 2 rings (SSSR count). The van der Waals surface area contributed by atoms with Crippen LogP contribution in [0.2, 0.25) is 0 Å². The van der Waals surface area contributed by atoms with Gasteiger partial charge in [0.15, 0.2) is 11.5 Å². The summed E-state index contributed by atoms with van der Waals surface area (Å²) >= 11 is 0. The molecule has 1 aromatic rings. The smallest absolute Gasteiger partial charge is 0.162 e. The summed E-state index contributed by atoms with van der Waals surface area (Å²) in [6.07, 6.45) is 1.83. The third-order valence-electron chi connectivity index (χ3n) is 3.67. The molecule has 0 radical (unpaired) electrons. The molecular formula is C15H23NO3S. The SMILES string of the molecule is CCC(NC)C(C)S(=O)c1ccc2c(c1)OCCCO2. The van der Waals surface area contributed by atoms with Crippen molar-refractivity contribution in [2.75, 3.05) is 20.3 Å². The average molecular weight is 297 g/mol. The summed E-state index contributed by atoms with van der Waals surface area (Å²) in [6.45, 7) is 5.43.